The van der Waals surface area contributed by atoms with Crippen LogP contribution in [0.4, 0.5) is 11.4 Å². The Morgan fingerprint density at radius 3 is 3.00 bits per heavy atom. The van der Waals surface area contributed by atoms with Crippen molar-refractivity contribution in [2.24, 2.45) is 0 Å². The van der Waals surface area contributed by atoms with Crippen molar-refractivity contribution in [2.45, 2.75) is 18.9 Å². The van der Waals surface area contributed by atoms with Gasteiger partial charge in [-0.1, -0.05) is 6.07 Å². The Balaban J connectivity index is 2.05. The highest BCUT2D eigenvalue weighted by atomic mass is 16.6. The van der Waals surface area contributed by atoms with E-state index in [-0.39, 0.29) is 11.6 Å². The fourth-order valence-electron chi connectivity index (χ4n) is 1.70. The molecule has 0 radical (unpaired) electrons. The van der Waals surface area contributed by atoms with E-state index in [4.69, 9.17) is 4.74 Å². The average Bonchev–Trinajstić information content (AvgIpc) is 2.82. The molecule has 1 fully saturated rings. The number of nitro benzene ring substituents is 1. The Kier molecular flexibility index (Phi) is 3.34. The van der Waals surface area contributed by atoms with Gasteiger partial charge in [-0.25, -0.2) is 0 Å². The fourth-order valence-corrected chi connectivity index (χ4v) is 1.70. The van der Waals surface area contributed by atoms with Gasteiger partial charge in [0.2, 0.25) is 0 Å². The first-order valence-corrected chi connectivity index (χ1v) is 5.34. The number of non-ortho nitro benzene ring substituents is 1. The van der Waals surface area contributed by atoms with Gasteiger partial charge in [0, 0.05) is 24.4 Å². The average molecular weight is 236 g/mol. The molecule has 6 heteroatoms. The molecule has 17 heavy (non-hydrogen) atoms. The number of ether oxygens (including phenoxy) is 1. The summed E-state index contributed by atoms with van der Waals surface area (Å²) in [6.07, 6.45) is 1.13. The van der Waals surface area contributed by atoms with Gasteiger partial charge in [0.25, 0.3) is 11.6 Å². The lowest BCUT2D eigenvalue weighted by atomic mass is 10.2. The van der Waals surface area contributed by atoms with Gasteiger partial charge in [-0.05, 0) is 18.9 Å². The van der Waals surface area contributed by atoms with Crippen molar-refractivity contribution >= 4 is 17.3 Å². The van der Waals surface area contributed by atoms with E-state index >= 15 is 0 Å². The summed E-state index contributed by atoms with van der Waals surface area (Å²) in [6.45, 7) is 0.590. The van der Waals surface area contributed by atoms with Gasteiger partial charge in [0.1, 0.15) is 6.10 Å². The molecule has 0 unspecified atom stereocenters. The van der Waals surface area contributed by atoms with Crippen molar-refractivity contribution in [1.82, 2.24) is 0 Å². The first-order valence-electron chi connectivity index (χ1n) is 5.34. The minimum Gasteiger partial charge on any atom is -0.368 e. The lowest BCUT2D eigenvalue weighted by Gasteiger charge is -2.09. The predicted octanol–water partition coefficient (Wildman–Crippen LogP) is 1.71. The molecule has 1 heterocycles. The van der Waals surface area contributed by atoms with Crippen molar-refractivity contribution in [1.29, 1.82) is 0 Å². The Labute approximate surface area is 97.7 Å². The molecule has 1 N–H and O–H groups in total. The molecule has 1 atom stereocenters. The molecule has 0 aliphatic carbocycles. The number of nitrogens with zero attached hydrogens (tertiary/aromatic N) is 1. The smallest absolute Gasteiger partial charge is 0.271 e. The number of benzene rings is 1. The second-order valence-corrected chi connectivity index (χ2v) is 3.80. The summed E-state index contributed by atoms with van der Waals surface area (Å²) in [5.41, 5.74) is 0.370. The third-order valence-corrected chi connectivity index (χ3v) is 2.55. The minimum atomic E-state index is -0.498. The van der Waals surface area contributed by atoms with E-state index in [0.717, 1.165) is 6.42 Å². The number of hydrogen-bond donors (Lipinski definition) is 1. The van der Waals surface area contributed by atoms with Crippen LogP contribution in [0.1, 0.15) is 12.8 Å². The molecule has 1 aliphatic heterocycles. The van der Waals surface area contributed by atoms with Crippen LogP contribution in [0.2, 0.25) is 0 Å². The molecular weight excluding hydrogens is 224 g/mol. The fraction of sp³-hybridized carbons (Fsp3) is 0.364. The van der Waals surface area contributed by atoms with Crippen LogP contribution in [0, 0.1) is 10.1 Å². The highest BCUT2D eigenvalue weighted by Gasteiger charge is 2.23. The van der Waals surface area contributed by atoms with Crippen LogP contribution in [-0.2, 0) is 9.53 Å². The van der Waals surface area contributed by atoms with Crippen molar-refractivity contribution in [3.63, 3.8) is 0 Å². The van der Waals surface area contributed by atoms with Crippen LogP contribution in [0.25, 0.3) is 0 Å². The van der Waals surface area contributed by atoms with Crippen LogP contribution in [0.3, 0.4) is 0 Å². The molecule has 0 spiro atoms. The van der Waals surface area contributed by atoms with E-state index in [1.54, 1.807) is 6.07 Å². The second kappa shape index (κ2) is 4.92. The second-order valence-electron chi connectivity index (χ2n) is 3.80. The lowest BCUT2D eigenvalue weighted by molar-refractivity contribution is -0.384. The molecule has 1 aromatic rings. The van der Waals surface area contributed by atoms with Crippen molar-refractivity contribution in [3.8, 4) is 0 Å². The molecule has 0 bridgehead atoms. The van der Waals surface area contributed by atoms with Crippen LogP contribution in [0.5, 0.6) is 0 Å². The standard InChI is InChI=1S/C11H12N2O4/c14-11(10-5-2-6-17-10)12-8-3-1-4-9(7-8)13(15)16/h1,3-4,7,10H,2,5-6H2,(H,12,14)/t10-/m1/s1. The molecule has 6 nitrogen and oxygen atoms in total. The third kappa shape index (κ3) is 2.79. The van der Waals surface area contributed by atoms with Crippen LogP contribution in [-0.4, -0.2) is 23.5 Å². The van der Waals surface area contributed by atoms with Gasteiger partial charge in [0.15, 0.2) is 0 Å². The zero-order valence-corrected chi connectivity index (χ0v) is 9.09. The SMILES string of the molecule is O=C(Nc1cccc([N+](=O)[O-])c1)[C@H]1CCCO1. The summed E-state index contributed by atoms with van der Waals surface area (Å²) >= 11 is 0. The number of rotatable bonds is 3. The summed E-state index contributed by atoms with van der Waals surface area (Å²) in [6, 6.07) is 5.84. The van der Waals surface area contributed by atoms with Gasteiger partial charge in [-0.15, -0.1) is 0 Å². The number of carbonyl (C=O) groups is 1. The first kappa shape index (κ1) is 11.5. The number of hydrogen-bond acceptors (Lipinski definition) is 4. The molecule has 2 rings (SSSR count). The zero-order valence-electron chi connectivity index (χ0n) is 9.09. The van der Waals surface area contributed by atoms with Gasteiger partial charge in [0.05, 0.1) is 4.92 Å². The van der Waals surface area contributed by atoms with Gasteiger partial charge < -0.3 is 10.1 Å². The number of nitro groups is 1. The summed E-state index contributed by atoms with van der Waals surface area (Å²) in [5, 5.41) is 13.2. The topological polar surface area (TPSA) is 81.5 Å². The Morgan fingerprint density at radius 2 is 2.35 bits per heavy atom. The zero-order chi connectivity index (χ0) is 12.3. The minimum absolute atomic E-state index is 0.0462. The molecule has 1 aromatic carbocycles. The van der Waals surface area contributed by atoms with E-state index < -0.39 is 11.0 Å². The van der Waals surface area contributed by atoms with E-state index in [2.05, 4.69) is 5.32 Å². The largest absolute Gasteiger partial charge is 0.368 e. The molecule has 90 valence electrons. The molecular formula is C11H12N2O4. The van der Waals surface area contributed by atoms with E-state index in [1.807, 2.05) is 0 Å². The number of anilines is 1. The molecule has 1 saturated heterocycles. The van der Waals surface area contributed by atoms with Crippen LogP contribution >= 0.6 is 0 Å². The first-order chi connectivity index (χ1) is 8.16. The number of nitrogens with one attached hydrogen (secondary N) is 1. The number of amides is 1. The molecule has 1 amide bonds. The Morgan fingerprint density at radius 1 is 1.53 bits per heavy atom. The highest BCUT2D eigenvalue weighted by molar-refractivity contribution is 5.94. The Hall–Kier alpha value is -1.95. The highest BCUT2D eigenvalue weighted by Crippen LogP contribution is 2.19. The number of carbonyl (C=O) groups excluding carboxylic acids is 1. The van der Waals surface area contributed by atoms with Crippen LogP contribution in [0.15, 0.2) is 24.3 Å². The summed E-state index contributed by atoms with van der Waals surface area (Å²) in [4.78, 5) is 21.8. The normalized spacial score (nSPS) is 18.9. The maximum absolute atomic E-state index is 11.7. The molecule has 0 aromatic heterocycles. The molecule has 1 aliphatic rings. The van der Waals surface area contributed by atoms with E-state index in [0.29, 0.717) is 18.7 Å². The quantitative estimate of drug-likeness (QED) is 0.639. The maximum atomic E-state index is 11.7. The maximum Gasteiger partial charge on any atom is 0.271 e. The van der Waals surface area contributed by atoms with Gasteiger partial charge >= 0.3 is 0 Å². The summed E-state index contributed by atoms with van der Waals surface area (Å²) in [7, 11) is 0. The van der Waals surface area contributed by atoms with Crippen molar-refractivity contribution in [3.05, 3.63) is 34.4 Å². The van der Waals surface area contributed by atoms with Gasteiger partial charge in [-0.3, -0.25) is 14.9 Å². The van der Waals surface area contributed by atoms with Crippen LogP contribution < -0.4 is 5.32 Å². The Bertz CT molecular complexity index is 441. The molecule has 0 saturated carbocycles. The van der Waals surface area contributed by atoms with E-state index in [1.165, 1.54) is 18.2 Å². The lowest BCUT2D eigenvalue weighted by Crippen LogP contribution is -2.26. The van der Waals surface area contributed by atoms with Gasteiger partial charge in [-0.2, -0.15) is 0 Å². The van der Waals surface area contributed by atoms with E-state index in [9.17, 15) is 14.9 Å². The third-order valence-electron chi connectivity index (χ3n) is 2.55. The predicted molar refractivity (Wildman–Crippen MR) is 60.7 cm³/mol. The van der Waals surface area contributed by atoms with Crippen molar-refractivity contribution < 1.29 is 14.5 Å². The summed E-state index contributed by atoms with van der Waals surface area (Å²) < 4.78 is 5.22. The summed E-state index contributed by atoms with van der Waals surface area (Å²) in [5.74, 6) is -0.247. The van der Waals surface area contributed by atoms with Crippen molar-refractivity contribution in [2.75, 3.05) is 11.9 Å². The monoisotopic (exact) mass is 236 g/mol.